The number of hydrogen-bond acceptors (Lipinski definition) is 2. The van der Waals surface area contributed by atoms with Gasteiger partial charge in [-0.15, -0.1) is 0 Å². The molecule has 1 aromatic heterocycles. The SMILES string of the molecule is COc1cc(-n2c(=S)[nH]c3ccccc32)c(Br)cc1Br. The van der Waals surface area contributed by atoms with E-state index in [-0.39, 0.29) is 0 Å². The lowest BCUT2D eigenvalue weighted by Crippen LogP contribution is -1.97. The molecule has 1 N–H and O–H groups in total. The van der Waals surface area contributed by atoms with Crippen LogP contribution in [0.5, 0.6) is 5.75 Å². The third-order valence-corrected chi connectivity index (χ3v) is 4.59. The third kappa shape index (κ3) is 2.21. The number of nitrogens with one attached hydrogen (secondary N) is 1. The van der Waals surface area contributed by atoms with E-state index < -0.39 is 0 Å². The number of methoxy groups -OCH3 is 1. The molecular formula is C14H10Br2N2OS. The topological polar surface area (TPSA) is 29.9 Å². The number of halogens is 2. The van der Waals surface area contributed by atoms with Crippen molar-refractivity contribution in [2.75, 3.05) is 7.11 Å². The number of aromatic amines is 1. The number of hydrogen-bond donors (Lipinski definition) is 1. The molecule has 0 amide bonds. The van der Waals surface area contributed by atoms with E-state index in [1.165, 1.54) is 0 Å². The lowest BCUT2D eigenvalue weighted by atomic mass is 10.2. The van der Waals surface area contributed by atoms with Crippen molar-refractivity contribution in [2.45, 2.75) is 0 Å². The molecule has 1 heterocycles. The van der Waals surface area contributed by atoms with Gasteiger partial charge in [-0.3, -0.25) is 4.57 Å². The number of para-hydroxylation sites is 2. The molecule has 0 aliphatic heterocycles. The van der Waals surface area contributed by atoms with Gasteiger partial charge in [0.15, 0.2) is 4.77 Å². The van der Waals surface area contributed by atoms with Crippen LogP contribution in [-0.2, 0) is 0 Å². The van der Waals surface area contributed by atoms with Crippen molar-refractivity contribution < 1.29 is 4.74 Å². The second kappa shape index (κ2) is 5.35. The second-order valence-electron chi connectivity index (χ2n) is 4.22. The van der Waals surface area contributed by atoms with E-state index in [9.17, 15) is 0 Å². The number of H-pyrrole nitrogens is 1. The van der Waals surface area contributed by atoms with Gasteiger partial charge in [-0.25, -0.2) is 0 Å². The first-order valence-corrected chi connectivity index (χ1v) is 7.84. The van der Waals surface area contributed by atoms with Crippen LogP contribution in [0.3, 0.4) is 0 Å². The molecule has 20 heavy (non-hydrogen) atoms. The quantitative estimate of drug-likeness (QED) is 0.583. The van der Waals surface area contributed by atoms with Crippen molar-refractivity contribution in [2.24, 2.45) is 0 Å². The summed E-state index contributed by atoms with van der Waals surface area (Å²) in [5, 5.41) is 0. The van der Waals surface area contributed by atoms with Crippen LogP contribution in [0.1, 0.15) is 0 Å². The minimum Gasteiger partial charge on any atom is -0.495 e. The van der Waals surface area contributed by atoms with Gasteiger partial charge < -0.3 is 9.72 Å². The summed E-state index contributed by atoms with van der Waals surface area (Å²) in [5.74, 6) is 0.760. The predicted molar refractivity (Wildman–Crippen MR) is 90.4 cm³/mol. The van der Waals surface area contributed by atoms with Crippen molar-refractivity contribution in [1.82, 2.24) is 9.55 Å². The van der Waals surface area contributed by atoms with Gasteiger partial charge in [0, 0.05) is 10.5 Å². The zero-order valence-electron chi connectivity index (χ0n) is 10.5. The largest absolute Gasteiger partial charge is 0.495 e. The molecule has 0 spiro atoms. The first kappa shape index (κ1) is 13.9. The minimum atomic E-state index is 0.649. The normalized spacial score (nSPS) is 10.9. The van der Waals surface area contributed by atoms with Crippen molar-refractivity contribution in [1.29, 1.82) is 0 Å². The fraction of sp³-hybridized carbons (Fsp3) is 0.0714. The lowest BCUT2D eigenvalue weighted by Gasteiger charge is -2.11. The molecule has 0 radical (unpaired) electrons. The van der Waals surface area contributed by atoms with Gasteiger partial charge in [-0.1, -0.05) is 12.1 Å². The van der Waals surface area contributed by atoms with Gasteiger partial charge in [0.2, 0.25) is 0 Å². The third-order valence-electron chi connectivity index (χ3n) is 3.05. The Balaban J connectivity index is 2.36. The fourth-order valence-electron chi connectivity index (χ4n) is 2.14. The number of ether oxygens (including phenoxy) is 1. The number of rotatable bonds is 2. The Hall–Kier alpha value is -1.11. The lowest BCUT2D eigenvalue weighted by molar-refractivity contribution is 0.412. The Morgan fingerprint density at radius 2 is 1.90 bits per heavy atom. The molecule has 0 aliphatic rings. The molecule has 0 aliphatic carbocycles. The van der Waals surface area contributed by atoms with Crippen LogP contribution in [0, 0.1) is 4.77 Å². The molecule has 102 valence electrons. The number of fused-ring (bicyclic) bond motifs is 1. The van der Waals surface area contributed by atoms with E-state index in [1.54, 1.807) is 7.11 Å². The van der Waals surface area contributed by atoms with E-state index in [4.69, 9.17) is 17.0 Å². The highest BCUT2D eigenvalue weighted by Crippen LogP contribution is 2.35. The predicted octanol–water partition coefficient (Wildman–Crippen LogP) is 5.22. The molecule has 0 bridgehead atoms. The second-order valence-corrected chi connectivity index (χ2v) is 6.32. The standard InChI is InChI=1S/C14H10Br2N2OS/c1-19-13-7-12(8(15)6-9(13)16)18-11-5-3-2-4-10(11)17-14(18)20/h2-7H,1H3,(H,17,20). The maximum atomic E-state index is 5.44. The van der Waals surface area contributed by atoms with Crippen molar-refractivity contribution in [3.05, 3.63) is 50.1 Å². The van der Waals surface area contributed by atoms with Crippen LogP contribution in [0.25, 0.3) is 16.7 Å². The molecule has 3 nitrogen and oxygen atoms in total. The summed E-state index contributed by atoms with van der Waals surface area (Å²) < 4.78 is 9.83. The molecule has 3 aromatic rings. The monoisotopic (exact) mass is 412 g/mol. The summed E-state index contributed by atoms with van der Waals surface area (Å²) >= 11 is 12.5. The molecule has 6 heteroatoms. The van der Waals surface area contributed by atoms with Gasteiger partial charge in [0.1, 0.15) is 5.75 Å². The van der Waals surface area contributed by atoms with Gasteiger partial charge in [0.05, 0.1) is 28.3 Å². The molecule has 0 saturated carbocycles. The van der Waals surface area contributed by atoms with E-state index in [1.807, 2.05) is 41.0 Å². The van der Waals surface area contributed by atoms with Gasteiger partial charge >= 0.3 is 0 Å². The Morgan fingerprint density at radius 1 is 1.15 bits per heavy atom. The summed E-state index contributed by atoms with van der Waals surface area (Å²) in [6.07, 6.45) is 0. The highest BCUT2D eigenvalue weighted by molar-refractivity contribution is 9.11. The molecule has 2 aromatic carbocycles. The maximum absolute atomic E-state index is 5.44. The van der Waals surface area contributed by atoms with Crippen LogP contribution in [-0.4, -0.2) is 16.7 Å². The van der Waals surface area contributed by atoms with Crippen LogP contribution in [0.15, 0.2) is 45.3 Å². The van der Waals surface area contributed by atoms with E-state index in [2.05, 4.69) is 36.8 Å². The minimum absolute atomic E-state index is 0.649. The molecule has 0 unspecified atom stereocenters. The highest BCUT2D eigenvalue weighted by Gasteiger charge is 2.12. The maximum Gasteiger partial charge on any atom is 0.182 e. The van der Waals surface area contributed by atoms with Crippen LogP contribution in [0.2, 0.25) is 0 Å². The Bertz CT molecular complexity index is 854. The molecule has 0 fully saturated rings. The summed E-state index contributed by atoms with van der Waals surface area (Å²) in [6.45, 7) is 0. The smallest absolute Gasteiger partial charge is 0.182 e. The number of nitrogens with zero attached hydrogens (tertiary/aromatic N) is 1. The zero-order valence-corrected chi connectivity index (χ0v) is 14.5. The fourth-order valence-corrected chi connectivity index (χ4v) is 3.78. The molecule has 0 atom stereocenters. The molecule has 3 rings (SSSR count). The van der Waals surface area contributed by atoms with Gasteiger partial charge in [-0.05, 0) is 62.3 Å². The average Bonchev–Trinajstić information content (AvgIpc) is 2.75. The van der Waals surface area contributed by atoms with Crippen molar-refractivity contribution in [3.8, 4) is 11.4 Å². The van der Waals surface area contributed by atoms with Crippen LogP contribution in [0.4, 0.5) is 0 Å². The Kier molecular flexibility index (Phi) is 3.70. The van der Waals surface area contributed by atoms with E-state index in [0.717, 1.165) is 31.4 Å². The number of aromatic nitrogens is 2. The van der Waals surface area contributed by atoms with Crippen molar-refractivity contribution in [3.63, 3.8) is 0 Å². The van der Waals surface area contributed by atoms with E-state index in [0.29, 0.717) is 4.77 Å². The highest BCUT2D eigenvalue weighted by atomic mass is 79.9. The van der Waals surface area contributed by atoms with Crippen LogP contribution < -0.4 is 4.74 Å². The zero-order chi connectivity index (χ0) is 14.3. The van der Waals surface area contributed by atoms with Crippen molar-refractivity contribution >= 4 is 55.1 Å². The molecule has 0 saturated heterocycles. The van der Waals surface area contributed by atoms with Gasteiger partial charge in [-0.2, -0.15) is 0 Å². The summed E-state index contributed by atoms with van der Waals surface area (Å²) in [5.41, 5.74) is 2.97. The average molecular weight is 414 g/mol. The number of imidazole rings is 1. The van der Waals surface area contributed by atoms with E-state index >= 15 is 0 Å². The first-order valence-electron chi connectivity index (χ1n) is 5.85. The molecular weight excluding hydrogens is 404 g/mol. The summed E-state index contributed by atoms with van der Waals surface area (Å²) in [7, 11) is 1.65. The van der Waals surface area contributed by atoms with Gasteiger partial charge in [0.25, 0.3) is 0 Å². The number of benzene rings is 2. The Morgan fingerprint density at radius 3 is 2.65 bits per heavy atom. The Labute approximate surface area is 137 Å². The first-order chi connectivity index (χ1) is 9.61. The van der Waals surface area contributed by atoms with Crippen LogP contribution >= 0.6 is 44.1 Å². The summed E-state index contributed by atoms with van der Waals surface area (Å²) in [4.78, 5) is 3.21. The summed E-state index contributed by atoms with van der Waals surface area (Å²) in [6, 6.07) is 11.9.